The van der Waals surface area contributed by atoms with Crippen LogP contribution in [-0.4, -0.2) is 20.9 Å². The number of benzene rings is 1. The molecule has 0 spiro atoms. The van der Waals surface area contributed by atoms with E-state index in [4.69, 9.17) is 5.11 Å². The largest absolute Gasteiger partial charge is 0.476 e. The first-order valence-corrected chi connectivity index (χ1v) is 5.57. The number of carboxylic acids is 1. The second-order valence-corrected chi connectivity index (χ2v) is 4.23. The van der Waals surface area contributed by atoms with Crippen LogP contribution in [0.25, 0.3) is 5.69 Å². The number of aromatic carboxylic acids is 1. The molecule has 0 radical (unpaired) electrons. The average Bonchev–Trinajstić information content (AvgIpc) is 2.33. The van der Waals surface area contributed by atoms with E-state index in [1.807, 2.05) is 0 Å². The molecule has 0 atom stereocenters. The van der Waals surface area contributed by atoms with Crippen molar-refractivity contribution in [1.82, 2.24) is 9.78 Å². The van der Waals surface area contributed by atoms with Gasteiger partial charge < -0.3 is 5.11 Å². The van der Waals surface area contributed by atoms with Gasteiger partial charge in [-0.3, -0.25) is 4.79 Å². The lowest BCUT2D eigenvalue weighted by molar-refractivity contribution is 0.0687. The zero-order valence-corrected chi connectivity index (χ0v) is 10.4. The van der Waals surface area contributed by atoms with Gasteiger partial charge in [-0.15, -0.1) is 0 Å². The maximum absolute atomic E-state index is 13.3. The number of nitrogens with zero attached hydrogens (tertiary/aromatic N) is 2. The van der Waals surface area contributed by atoms with E-state index in [1.54, 1.807) is 0 Å². The van der Waals surface area contributed by atoms with Gasteiger partial charge in [0.15, 0.2) is 0 Å². The maximum atomic E-state index is 13.3. The van der Waals surface area contributed by atoms with E-state index in [1.165, 1.54) is 24.4 Å². The van der Waals surface area contributed by atoms with Gasteiger partial charge in [0.2, 0.25) is 11.1 Å². The second-order valence-electron chi connectivity index (χ2n) is 3.38. The van der Waals surface area contributed by atoms with Crippen LogP contribution in [0.3, 0.4) is 0 Å². The fourth-order valence-corrected chi connectivity index (χ4v) is 1.57. The highest BCUT2D eigenvalue weighted by Crippen LogP contribution is 2.18. The Hall–Kier alpha value is -2.02. The van der Waals surface area contributed by atoms with Crippen LogP contribution in [0.1, 0.15) is 10.5 Å². The van der Waals surface area contributed by atoms with E-state index >= 15 is 0 Å². The SMILES string of the molecule is O=C(O)c1nn(-c2ccc(Br)c(F)c2)ccc1=O. The third-order valence-corrected chi connectivity index (χ3v) is 2.82. The first kappa shape index (κ1) is 12.4. The summed E-state index contributed by atoms with van der Waals surface area (Å²) in [6.07, 6.45) is 1.28. The lowest BCUT2D eigenvalue weighted by Crippen LogP contribution is -2.20. The van der Waals surface area contributed by atoms with E-state index in [0.717, 1.165) is 10.7 Å². The van der Waals surface area contributed by atoms with Gasteiger partial charge in [0, 0.05) is 18.3 Å². The Labute approximate surface area is 109 Å². The molecule has 1 heterocycles. The molecule has 0 aliphatic carbocycles. The van der Waals surface area contributed by atoms with Crippen molar-refractivity contribution in [2.45, 2.75) is 0 Å². The zero-order chi connectivity index (χ0) is 13.3. The van der Waals surface area contributed by atoms with Crippen molar-refractivity contribution in [2.24, 2.45) is 0 Å². The molecule has 1 aromatic heterocycles. The second kappa shape index (κ2) is 4.69. The molecule has 0 aliphatic rings. The van der Waals surface area contributed by atoms with E-state index in [9.17, 15) is 14.0 Å². The van der Waals surface area contributed by atoms with Gasteiger partial charge in [-0.25, -0.2) is 13.9 Å². The summed E-state index contributed by atoms with van der Waals surface area (Å²) in [4.78, 5) is 22.0. The summed E-state index contributed by atoms with van der Waals surface area (Å²) < 4.78 is 14.7. The third-order valence-electron chi connectivity index (χ3n) is 2.18. The number of aromatic nitrogens is 2. The van der Waals surface area contributed by atoms with Crippen molar-refractivity contribution in [3.8, 4) is 5.69 Å². The maximum Gasteiger partial charge on any atom is 0.360 e. The molecule has 18 heavy (non-hydrogen) atoms. The molecule has 92 valence electrons. The molecule has 0 saturated carbocycles. The van der Waals surface area contributed by atoms with Crippen LogP contribution in [0, 0.1) is 5.82 Å². The fraction of sp³-hybridized carbons (Fsp3) is 0. The van der Waals surface area contributed by atoms with Gasteiger partial charge in [0.1, 0.15) is 5.82 Å². The molecule has 2 aromatic rings. The van der Waals surface area contributed by atoms with Crippen molar-refractivity contribution >= 4 is 21.9 Å². The summed E-state index contributed by atoms with van der Waals surface area (Å²) in [5, 5.41) is 12.4. The van der Waals surface area contributed by atoms with Gasteiger partial charge in [-0.1, -0.05) is 0 Å². The highest BCUT2D eigenvalue weighted by Gasteiger charge is 2.11. The Kier molecular flexibility index (Phi) is 3.24. The van der Waals surface area contributed by atoms with Crippen molar-refractivity contribution in [2.75, 3.05) is 0 Å². The number of carboxylic acid groups (broad SMARTS) is 1. The average molecular weight is 313 g/mol. The minimum atomic E-state index is -1.42. The van der Waals surface area contributed by atoms with E-state index in [-0.39, 0.29) is 4.47 Å². The molecule has 7 heteroatoms. The smallest absolute Gasteiger partial charge is 0.360 e. The predicted molar refractivity (Wildman–Crippen MR) is 64.5 cm³/mol. The standard InChI is InChI=1S/C11H6BrFN2O3/c12-7-2-1-6(5-8(7)13)15-4-3-9(16)10(14-15)11(17)18/h1-5H,(H,17,18). The number of carbonyl (C=O) groups is 1. The summed E-state index contributed by atoms with van der Waals surface area (Å²) >= 11 is 3.00. The molecule has 0 aliphatic heterocycles. The predicted octanol–water partition coefficient (Wildman–Crippen LogP) is 1.83. The number of hydrogen-bond donors (Lipinski definition) is 1. The first-order chi connectivity index (χ1) is 8.49. The van der Waals surface area contributed by atoms with Crippen LogP contribution in [0.15, 0.2) is 39.7 Å². The van der Waals surface area contributed by atoms with Gasteiger partial charge in [-0.2, -0.15) is 5.10 Å². The summed E-state index contributed by atoms with van der Waals surface area (Å²) in [6, 6.07) is 5.24. The first-order valence-electron chi connectivity index (χ1n) is 4.78. The molecule has 0 fully saturated rings. The zero-order valence-electron chi connectivity index (χ0n) is 8.80. The fourth-order valence-electron chi connectivity index (χ4n) is 1.33. The lowest BCUT2D eigenvalue weighted by atomic mass is 10.3. The van der Waals surface area contributed by atoms with Crippen molar-refractivity contribution < 1.29 is 14.3 Å². The quantitative estimate of drug-likeness (QED) is 0.918. The number of hydrogen-bond acceptors (Lipinski definition) is 3. The molecule has 1 aromatic carbocycles. The third kappa shape index (κ3) is 2.30. The molecular weight excluding hydrogens is 307 g/mol. The van der Waals surface area contributed by atoms with Crippen LogP contribution in [0.4, 0.5) is 4.39 Å². The lowest BCUT2D eigenvalue weighted by Gasteiger charge is -2.06. The Bertz CT molecular complexity index is 684. The molecule has 1 N–H and O–H groups in total. The van der Waals surface area contributed by atoms with Gasteiger partial charge in [0.25, 0.3) is 0 Å². The van der Waals surface area contributed by atoms with Crippen LogP contribution in [0.2, 0.25) is 0 Å². The van der Waals surface area contributed by atoms with Crippen LogP contribution >= 0.6 is 15.9 Å². The van der Waals surface area contributed by atoms with Crippen LogP contribution in [0.5, 0.6) is 0 Å². The number of rotatable bonds is 2. The highest BCUT2D eigenvalue weighted by atomic mass is 79.9. The highest BCUT2D eigenvalue weighted by molar-refractivity contribution is 9.10. The summed E-state index contributed by atoms with van der Waals surface area (Å²) in [5.74, 6) is -1.93. The normalized spacial score (nSPS) is 10.3. The summed E-state index contributed by atoms with van der Waals surface area (Å²) in [7, 11) is 0. The van der Waals surface area contributed by atoms with E-state index in [2.05, 4.69) is 21.0 Å². The topological polar surface area (TPSA) is 72.2 Å². The molecule has 0 unspecified atom stereocenters. The molecular formula is C11H6BrFN2O3. The minimum absolute atomic E-state index is 0.283. The molecule has 0 saturated heterocycles. The van der Waals surface area contributed by atoms with Crippen LogP contribution < -0.4 is 5.43 Å². The van der Waals surface area contributed by atoms with Gasteiger partial charge in [0.05, 0.1) is 10.2 Å². The Morgan fingerprint density at radius 2 is 2.11 bits per heavy atom. The van der Waals surface area contributed by atoms with E-state index in [0.29, 0.717) is 5.69 Å². The van der Waals surface area contributed by atoms with Crippen molar-refractivity contribution in [3.63, 3.8) is 0 Å². The number of halogens is 2. The van der Waals surface area contributed by atoms with Crippen molar-refractivity contribution in [1.29, 1.82) is 0 Å². The van der Waals surface area contributed by atoms with Crippen LogP contribution in [-0.2, 0) is 0 Å². The molecule has 2 rings (SSSR count). The Morgan fingerprint density at radius 1 is 1.39 bits per heavy atom. The molecule has 5 nitrogen and oxygen atoms in total. The Morgan fingerprint density at radius 3 is 2.72 bits per heavy atom. The van der Waals surface area contributed by atoms with E-state index < -0.39 is 22.9 Å². The molecule has 0 amide bonds. The van der Waals surface area contributed by atoms with Crippen molar-refractivity contribution in [3.05, 3.63) is 56.7 Å². The minimum Gasteiger partial charge on any atom is -0.476 e. The summed E-state index contributed by atoms with van der Waals surface area (Å²) in [6.45, 7) is 0. The monoisotopic (exact) mass is 312 g/mol. The molecule has 0 bridgehead atoms. The van der Waals surface area contributed by atoms with Gasteiger partial charge >= 0.3 is 5.97 Å². The summed E-state index contributed by atoms with van der Waals surface area (Å²) in [5.41, 5.74) is -0.990. The van der Waals surface area contributed by atoms with Gasteiger partial charge in [-0.05, 0) is 28.1 Å². The Balaban J connectivity index is 2.57.